The average molecular weight is 354 g/mol. The summed E-state index contributed by atoms with van der Waals surface area (Å²) in [7, 11) is 0. The van der Waals surface area contributed by atoms with E-state index in [0.29, 0.717) is 6.42 Å². The van der Waals surface area contributed by atoms with Gasteiger partial charge in [0.15, 0.2) is 0 Å². The van der Waals surface area contributed by atoms with E-state index in [4.69, 9.17) is 0 Å². The van der Waals surface area contributed by atoms with Crippen LogP contribution in [0.5, 0.6) is 0 Å². The second kappa shape index (κ2) is 6.91. The lowest BCUT2D eigenvalue weighted by atomic mass is 9.99. The molecule has 4 heteroatoms. The van der Waals surface area contributed by atoms with E-state index in [9.17, 15) is 4.79 Å². The van der Waals surface area contributed by atoms with Crippen LogP contribution in [0.4, 0.5) is 0 Å². The van der Waals surface area contributed by atoms with Crippen molar-refractivity contribution in [1.29, 1.82) is 0 Å². The minimum atomic E-state index is -0.0537. The molecule has 3 aromatic rings. The van der Waals surface area contributed by atoms with Crippen LogP contribution in [-0.4, -0.2) is 5.91 Å². The highest BCUT2D eigenvalue weighted by Gasteiger charge is 2.20. The van der Waals surface area contributed by atoms with E-state index < -0.39 is 0 Å². The zero-order valence-corrected chi connectivity index (χ0v) is 15.0. The highest BCUT2D eigenvalue weighted by molar-refractivity contribution is 7.10. The minimum Gasteiger partial charge on any atom is -0.344 e. The Labute approximate surface area is 150 Å². The topological polar surface area (TPSA) is 29.1 Å². The molecule has 4 rings (SSSR count). The Morgan fingerprint density at radius 3 is 2.83 bits per heavy atom. The molecule has 0 fully saturated rings. The van der Waals surface area contributed by atoms with E-state index in [1.54, 1.807) is 22.7 Å². The van der Waals surface area contributed by atoms with Crippen molar-refractivity contribution in [2.75, 3.05) is 0 Å². The maximum absolute atomic E-state index is 12.5. The molecule has 2 aromatic heterocycles. The van der Waals surface area contributed by atoms with Crippen molar-refractivity contribution in [3.8, 4) is 0 Å². The SMILES string of the molecule is O=C(Cc1ccsc1)NC(c1ccc2c(c1)CCC2)c1cccs1. The Morgan fingerprint density at radius 1 is 1.12 bits per heavy atom. The van der Waals surface area contributed by atoms with E-state index in [1.165, 1.54) is 34.4 Å². The van der Waals surface area contributed by atoms with Crippen molar-refractivity contribution in [2.24, 2.45) is 0 Å². The first-order chi connectivity index (χ1) is 11.8. The first-order valence-corrected chi connectivity index (χ1v) is 10.1. The summed E-state index contributed by atoms with van der Waals surface area (Å²) < 4.78 is 0. The van der Waals surface area contributed by atoms with Crippen LogP contribution in [0, 0.1) is 0 Å². The highest BCUT2D eigenvalue weighted by atomic mass is 32.1. The normalized spacial score (nSPS) is 14.3. The van der Waals surface area contributed by atoms with Crippen molar-refractivity contribution in [1.82, 2.24) is 5.32 Å². The standard InChI is InChI=1S/C20H19NOS2/c22-19(11-14-8-10-23-13-14)21-20(18-5-2-9-24-18)17-7-6-15-3-1-4-16(15)12-17/h2,5-10,12-13,20H,1,3-4,11H2,(H,21,22). The molecule has 1 aromatic carbocycles. The van der Waals surface area contributed by atoms with Gasteiger partial charge in [0.25, 0.3) is 0 Å². The lowest BCUT2D eigenvalue weighted by Crippen LogP contribution is -2.30. The fourth-order valence-electron chi connectivity index (χ4n) is 3.34. The van der Waals surface area contributed by atoms with E-state index in [1.807, 2.05) is 22.9 Å². The Kier molecular flexibility index (Phi) is 4.50. The van der Waals surface area contributed by atoms with E-state index in [-0.39, 0.29) is 11.9 Å². The van der Waals surface area contributed by atoms with Crippen LogP contribution in [0.3, 0.4) is 0 Å². The molecule has 0 radical (unpaired) electrons. The van der Waals surface area contributed by atoms with Gasteiger partial charge >= 0.3 is 0 Å². The van der Waals surface area contributed by atoms with Crippen LogP contribution in [0.15, 0.2) is 52.5 Å². The zero-order chi connectivity index (χ0) is 16.4. The lowest BCUT2D eigenvalue weighted by Gasteiger charge is -2.19. The molecule has 1 aliphatic carbocycles. The number of hydrogen-bond donors (Lipinski definition) is 1. The average Bonchev–Trinajstić information content (AvgIpc) is 3.33. The monoisotopic (exact) mass is 353 g/mol. The third kappa shape index (κ3) is 3.30. The Morgan fingerprint density at radius 2 is 2.04 bits per heavy atom. The van der Waals surface area contributed by atoms with Gasteiger partial charge in [-0.1, -0.05) is 24.3 Å². The van der Waals surface area contributed by atoms with Crippen LogP contribution in [-0.2, 0) is 24.1 Å². The molecule has 0 saturated heterocycles. The number of benzene rings is 1. The van der Waals surface area contributed by atoms with E-state index in [0.717, 1.165) is 12.0 Å². The summed E-state index contributed by atoms with van der Waals surface area (Å²) in [5.74, 6) is 0.0762. The van der Waals surface area contributed by atoms with E-state index >= 15 is 0 Å². The summed E-state index contributed by atoms with van der Waals surface area (Å²) >= 11 is 3.33. The van der Waals surface area contributed by atoms with Crippen LogP contribution >= 0.6 is 22.7 Å². The smallest absolute Gasteiger partial charge is 0.225 e. The number of hydrogen-bond acceptors (Lipinski definition) is 3. The van der Waals surface area contributed by atoms with Gasteiger partial charge in [-0.3, -0.25) is 4.79 Å². The van der Waals surface area contributed by atoms with Gasteiger partial charge in [0.2, 0.25) is 5.91 Å². The van der Waals surface area contributed by atoms with Crippen LogP contribution in [0.1, 0.15) is 39.6 Å². The summed E-state index contributed by atoms with van der Waals surface area (Å²) in [6.07, 6.45) is 4.02. The minimum absolute atomic E-state index is 0.0537. The molecule has 1 atom stereocenters. The molecule has 24 heavy (non-hydrogen) atoms. The van der Waals surface area contributed by atoms with Crippen LogP contribution in [0.2, 0.25) is 0 Å². The van der Waals surface area contributed by atoms with Crippen molar-refractivity contribution in [2.45, 2.75) is 31.7 Å². The third-order valence-electron chi connectivity index (χ3n) is 4.53. The first kappa shape index (κ1) is 15.6. The molecule has 2 heterocycles. The summed E-state index contributed by atoms with van der Waals surface area (Å²) in [6, 6.07) is 12.8. The van der Waals surface area contributed by atoms with Gasteiger partial charge in [-0.05, 0) is 69.8 Å². The number of carbonyl (C=O) groups excluding carboxylic acids is 1. The molecule has 0 aliphatic heterocycles. The molecule has 2 nitrogen and oxygen atoms in total. The molecular formula is C20H19NOS2. The zero-order valence-electron chi connectivity index (χ0n) is 13.3. The molecule has 0 saturated carbocycles. The molecule has 0 bridgehead atoms. The number of amides is 1. The summed E-state index contributed by atoms with van der Waals surface area (Å²) in [5.41, 5.74) is 5.18. The molecule has 1 unspecified atom stereocenters. The number of fused-ring (bicyclic) bond motifs is 1. The van der Waals surface area contributed by atoms with Gasteiger partial charge in [0.1, 0.15) is 0 Å². The molecule has 1 N–H and O–H groups in total. The van der Waals surface area contributed by atoms with E-state index in [2.05, 4.69) is 35.0 Å². The Balaban J connectivity index is 1.59. The van der Waals surface area contributed by atoms with Gasteiger partial charge < -0.3 is 5.32 Å². The second-order valence-electron chi connectivity index (χ2n) is 6.21. The van der Waals surface area contributed by atoms with Gasteiger partial charge in [-0.2, -0.15) is 11.3 Å². The largest absolute Gasteiger partial charge is 0.344 e. The number of aryl methyl sites for hydroxylation is 2. The van der Waals surface area contributed by atoms with Gasteiger partial charge in [0, 0.05) is 4.88 Å². The first-order valence-electron chi connectivity index (χ1n) is 8.25. The maximum atomic E-state index is 12.5. The highest BCUT2D eigenvalue weighted by Crippen LogP contribution is 2.30. The van der Waals surface area contributed by atoms with Gasteiger partial charge in [-0.15, -0.1) is 11.3 Å². The van der Waals surface area contributed by atoms with Crippen molar-refractivity contribution in [3.63, 3.8) is 0 Å². The predicted molar refractivity (Wildman–Crippen MR) is 101 cm³/mol. The maximum Gasteiger partial charge on any atom is 0.225 e. The van der Waals surface area contributed by atoms with Crippen molar-refractivity contribution >= 4 is 28.6 Å². The molecule has 1 amide bonds. The summed E-state index contributed by atoms with van der Waals surface area (Å²) in [5, 5.41) is 9.36. The fraction of sp³-hybridized carbons (Fsp3) is 0.250. The van der Waals surface area contributed by atoms with Crippen molar-refractivity contribution < 1.29 is 4.79 Å². The summed E-state index contributed by atoms with van der Waals surface area (Å²) in [6.45, 7) is 0. The second-order valence-corrected chi connectivity index (χ2v) is 7.97. The number of rotatable bonds is 5. The Bertz CT molecular complexity index is 821. The lowest BCUT2D eigenvalue weighted by molar-refractivity contribution is -0.120. The van der Waals surface area contributed by atoms with Crippen LogP contribution < -0.4 is 5.32 Å². The molecular weight excluding hydrogens is 334 g/mol. The Hall–Kier alpha value is -1.91. The predicted octanol–water partition coefficient (Wildman–Crippen LogP) is 4.75. The van der Waals surface area contributed by atoms with Crippen molar-refractivity contribution in [3.05, 3.63) is 79.7 Å². The number of thiophene rings is 2. The molecule has 0 spiro atoms. The molecule has 122 valence electrons. The van der Waals surface area contributed by atoms with Gasteiger partial charge in [0.05, 0.1) is 12.5 Å². The third-order valence-corrected chi connectivity index (χ3v) is 6.20. The quantitative estimate of drug-likeness (QED) is 0.705. The van der Waals surface area contributed by atoms with Crippen LogP contribution in [0.25, 0.3) is 0 Å². The van der Waals surface area contributed by atoms with Gasteiger partial charge in [-0.25, -0.2) is 0 Å². The number of carbonyl (C=O) groups is 1. The summed E-state index contributed by atoms with van der Waals surface area (Å²) in [4.78, 5) is 13.7. The molecule has 1 aliphatic rings. The fourth-order valence-corrected chi connectivity index (χ4v) is 4.81. The number of nitrogens with one attached hydrogen (secondary N) is 1.